The van der Waals surface area contributed by atoms with E-state index in [0.29, 0.717) is 0 Å². The van der Waals surface area contributed by atoms with E-state index in [4.69, 9.17) is 0 Å². The predicted molar refractivity (Wildman–Crippen MR) is 51.7 cm³/mol. The van der Waals surface area contributed by atoms with Gasteiger partial charge in [-0.1, -0.05) is 12.1 Å². The van der Waals surface area contributed by atoms with Crippen molar-refractivity contribution in [2.45, 2.75) is 6.42 Å². The Hall–Kier alpha value is -1.64. The summed E-state index contributed by atoms with van der Waals surface area (Å²) < 4.78 is 0. The highest BCUT2D eigenvalue weighted by atomic mass is 15.1. The van der Waals surface area contributed by atoms with Crippen LogP contribution in [0.5, 0.6) is 0 Å². The lowest BCUT2D eigenvalue weighted by atomic mass is 10.1. The second-order valence-corrected chi connectivity index (χ2v) is 3.27. The first-order chi connectivity index (χ1) is 6.45. The zero-order valence-electron chi connectivity index (χ0n) is 7.12. The molecule has 13 heavy (non-hydrogen) atoms. The Morgan fingerprint density at radius 1 is 1.15 bits per heavy atom. The van der Waals surface area contributed by atoms with Crippen molar-refractivity contribution < 1.29 is 0 Å². The smallest absolute Gasteiger partial charge is 0.0595 e. The first-order valence-electron chi connectivity index (χ1n) is 4.41. The first-order valence-corrected chi connectivity index (χ1v) is 4.41. The van der Waals surface area contributed by atoms with Gasteiger partial charge in [-0.3, -0.25) is 0 Å². The summed E-state index contributed by atoms with van der Waals surface area (Å²) in [5, 5.41) is 13.5. The predicted octanol–water partition coefficient (Wildman–Crippen LogP) is 1.60. The highest BCUT2D eigenvalue weighted by Gasteiger charge is 2.12. The Labute approximate surface area is 75.8 Å². The molecule has 0 amide bonds. The molecular weight excluding hydrogens is 162 g/mol. The Kier molecular flexibility index (Phi) is 1.27. The number of rotatable bonds is 0. The zero-order valence-corrected chi connectivity index (χ0v) is 7.12. The Morgan fingerprint density at radius 3 is 3.08 bits per heavy atom. The van der Waals surface area contributed by atoms with E-state index in [1.165, 1.54) is 16.6 Å². The molecule has 0 saturated heterocycles. The fraction of sp³-hybridized carbons (Fsp3) is 0.200. The molecule has 1 aliphatic rings. The molecule has 64 valence electrons. The zero-order chi connectivity index (χ0) is 8.67. The number of aromatic nitrogens is 2. The summed E-state index contributed by atoms with van der Waals surface area (Å²) in [6.07, 6.45) is 4.75. The van der Waals surface area contributed by atoms with Crippen LogP contribution in [0.2, 0.25) is 0 Å². The molecule has 0 spiro atoms. The lowest BCUT2D eigenvalue weighted by Gasteiger charge is -2.03. The van der Waals surface area contributed by atoms with E-state index >= 15 is 0 Å². The van der Waals surface area contributed by atoms with Gasteiger partial charge in [-0.05, 0) is 12.0 Å². The van der Waals surface area contributed by atoms with E-state index in [1.807, 2.05) is 6.20 Å². The third-order valence-electron chi connectivity index (χ3n) is 2.51. The van der Waals surface area contributed by atoms with E-state index < -0.39 is 0 Å². The fourth-order valence-electron chi connectivity index (χ4n) is 1.86. The number of hydrogen-bond donors (Lipinski definition) is 1. The standard InChI is InChI=1S/C10H9N3/c1-2-8-5-12-13-6-9(8)10-7(1)3-4-11-10/h1-2,5-6,11H,3-4H2. The maximum Gasteiger partial charge on any atom is 0.0595 e. The molecule has 1 aromatic heterocycles. The quantitative estimate of drug-likeness (QED) is 0.654. The molecule has 1 aliphatic heterocycles. The van der Waals surface area contributed by atoms with Crippen LogP contribution in [0.25, 0.3) is 10.8 Å². The molecule has 0 radical (unpaired) electrons. The van der Waals surface area contributed by atoms with Gasteiger partial charge in [0, 0.05) is 23.0 Å². The number of hydrogen-bond acceptors (Lipinski definition) is 3. The van der Waals surface area contributed by atoms with Gasteiger partial charge >= 0.3 is 0 Å². The van der Waals surface area contributed by atoms with Crippen LogP contribution < -0.4 is 5.32 Å². The van der Waals surface area contributed by atoms with Crippen LogP contribution in [-0.4, -0.2) is 16.7 Å². The first kappa shape index (κ1) is 6.83. The van der Waals surface area contributed by atoms with E-state index in [9.17, 15) is 0 Å². The number of anilines is 1. The third-order valence-corrected chi connectivity index (χ3v) is 2.51. The summed E-state index contributed by atoms with van der Waals surface area (Å²) in [5.74, 6) is 0. The fourth-order valence-corrected chi connectivity index (χ4v) is 1.86. The van der Waals surface area contributed by atoms with Crippen LogP contribution in [0.15, 0.2) is 24.5 Å². The van der Waals surface area contributed by atoms with Gasteiger partial charge in [-0.2, -0.15) is 10.2 Å². The van der Waals surface area contributed by atoms with Crippen molar-refractivity contribution in [2.24, 2.45) is 0 Å². The highest BCUT2D eigenvalue weighted by Crippen LogP contribution is 2.29. The van der Waals surface area contributed by atoms with Crippen molar-refractivity contribution in [3.63, 3.8) is 0 Å². The summed E-state index contributed by atoms with van der Waals surface area (Å²) in [4.78, 5) is 0. The number of nitrogens with zero attached hydrogens (tertiary/aromatic N) is 2. The average Bonchev–Trinajstić information content (AvgIpc) is 2.65. The second kappa shape index (κ2) is 2.42. The molecule has 0 atom stereocenters. The Bertz CT molecular complexity index is 465. The minimum absolute atomic E-state index is 1.04. The van der Waals surface area contributed by atoms with Gasteiger partial charge in [-0.25, -0.2) is 0 Å². The van der Waals surface area contributed by atoms with Gasteiger partial charge in [0.05, 0.1) is 12.4 Å². The van der Waals surface area contributed by atoms with Crippen molar-refractivity contribution in [1.82, 2.24) is 10.2 Å². The molecule has 3 nitrogen and oxygen atoms in total. The molecule has 1 aromatic carbocycles. The molecule has 3 rings (SSSR count). The van der Waals surface area contributed by atoms with Gasteiger partial charge in [0.1, 0.15) is 0 Å². The average molecular weight is 171 g/mol. The van der Waals surface area contributed by atoms with E-state index in [0.717, 1.165) is 18.4 Å². The van der Waals surface area contributed by atoms with Crippen LogP contribution >= 0.6 is 0 Å². The van der Waals surface area contributed by atoms with Crippen LogP contribution in [0.3, 0.4) is 0 Å². The molecular formula is C10H9N3. The number of fused-ring (bicyclic) bond motifs is 3. The van der Waals surface area contributed by atoms with E-state index in [-0.39, 0.29) is 0 Å². The van der Waals surface area contributed by atoms with Crippen LogP contribution in [-0.2, 0) is 6.42 Å². The lowest BCUT2D eigenvalue weighted by molar-refractivity contribution is 1.05. The molecule has 2 aromatic rings. The molecule has 2 heterocycles. The van der Waals surface area contributed by atoms with Gasteiger partial charge < -0.3 is 5.32 Å². The Morgan fingerprint density at radius 2 is 2.08 bits per heavy atom. The SMILES string of the molecule is c1cc2cnncc2c2c1CCN2. The van der Waals surface area contributed by atoms with Gasteiger partial charge in [-0.15, -0.1) is 0 Å². The van der Waals surface area contributed by atoms with Crippen molar-refractivity contribution in [2.75, 3.05) is 11.9 Å². The summed E-state index contributed by atoms with van der Waals surface area (Å²) in [6.45, 7) is 1.04. The van der Waals surface area contributed by atoms with Crippen molar-refractivity contribution in [3.8, 4) is 0 Å². The van der Waals surface area contributed by atoms with Crippen molar-refractivity contribution in [1.29, 1.82) is 0 Å². The maximum absolute atomic E-state index is 3.90. The molecule has 0 bridgehead atoms. The monoisotopic (exact) mass is 171 g/mol. The molecule has 0 fully saturated rings. The van der Waals surface area contributed by atoms with Gasteiger partial charge in [0.2, 0.25) is 0 Å². The van der Waals surface area contributed by atoms with Crippen molar-refractivity contribution in [3.05, 3.63) is 30.1 Å². The summed E-state index contributed by atoms with van der Waals surface area (Å²) in [5.41, 5.74) is 2.63. The van der Waals surface area contributed by atoms with Crippen LogP contribution in [0.1, 0.15) is 5.56 Å². The highest BCUT2D eigenvalue weighted by molar-refractivity contribution is 5.95. The normalized spacial score (nSPS) is 14.2. The van der Waals surface area contributed by atoms with E-state index in [1.54, 1.807) is 6.20 Å². The third kappa shape index (κ3) is 0.900. The van der Waals surface area contributed by atoms with Crippen LogP contribution in [0.4, 0.5) is 5.69 Å². The summed E-state index contributed by atoms with van der Waals surface area (Å²) in [7, 11) is 0. The topological polar surface area (TPSA) is 37.8 Å². The molecule has 0 aliphatic carbocycles. The number of nitrogens with one attached hydrogen (secondary N) is 1. The minimum Gasteiger partial charge on any atom is -0.384 e. The summed E-state index contributed by atoms with van der Waals surface area (Å²) in [6, 6.07) is 4.27. The maximum atomic E-state index is 3.90. The number of benzene rings is 1. The van der Waals surface area contributed by atoms with Crippen LogP contribution in [0, 0.1) is 0 Å². The summed E-state index contributed by atoms with van der Waals surface area (Å²) >= 11 is 0. The largest absolute Gasteiger partial charge is 0.384 e. The second-order valence-electron chi connectivity index (χ2n) is 3.27. The lowest BCUT2D eigenvalue weighted by Crippen LogP contribution is -1.92. The molecule has 1 N–H and O–H groups in total. The van der Waals surface area contributed by atoms with E-state index in [2.05, 4.69) is 27.6 Å². The van der Waals surface area contributed by atoms with Gasteiger partial charge in [0.25, 0.3) is 0 Å². The van der Waals surface area contributed by atoms with Gasteiger partial charge in [0.15, 0.2) is 0 Å². The van der Waals surface area contributed by atoms with Crippen molar-refractivity contribution >= 4 is 16.5 Å². The molecule has 3 heteroatoms. The molecule has 0 unspecified atom stereocenters. The molecule has 0 saturated carbocycles. The minimum atomic E-state index is 1.04. The Balaban J connectivity index is 2.43.